The van der Waals surface area contributed by atoms with Crippen LogP contribution in [0.5, 0.6) is 0 Å². The van der Waals surface area contributed by atoms with E-state index in [1.165, 1.54) is 0 Å². The zero-order chi connectivity index (χ0) is 14.9. The van der Waals surface area contributed by atoms with E-state index in [-0.39, 0.29) is 16.8 Å². The Labute approximate surface area is 119 Å². The van der Waals surface area contributed by atoms with E-state index in [9.17, 15) is 14.4 Å². The summed E-state index contributed by atoms with van der Waals surface area (Å²) in [4.78, 5) is 36.5. The molecular weight excluding hydrogens is 252 g/mol. The molecule has 1 aromatic rings. The second kappa shape index (κ2) is 5.31. The molecule has 106 valence electrons. The van der Waals surface area contributed by atoms with Gasteiger partial charge < -0.3 is 0 Å². The Morgan fingerprint density at radius 1 is 0.950 bits per heavy atom. The normalized spacial score (nSPS) is 19.1. The van der Waals surface area contributed by atoms with Crippen LogP contribution in [0, 0.1) is 11.3 Å². The maximum atomic E-state index is 12.4. The van der Waals surface area contributed by atoms with Crippen molar-refractivity contribution in [1.82, 2.24) is 0 Å². The maximum Gasteiger partial charge on any atom is 0.230 e. The van der Waals surface area contributed by atoms with Crippen LogP contribution in [0.4, 0.5) is 0 Å². The van der Waals surface area contributed by atoms with Gasteiger partial charge in [0.15, 0.2) is 5.78 Å². The fourth-order valence-corrected chi connectivity index (χ4v) is 2.59. The van der Waals surface area contributed by atoms with Crippen LogP contribution in [0.25, 0.3) is 0 Å². The fourth-order valence-electron chi connectivity index (χ4n) is 2.59. The van der Waals surface area contributed by atoms with E-state index in [2.05, 4.69) is 20.8 Å². The molecular formula is C17H20O3. The minimum Gasteiger partial charge on any atom is -0.293 e. The summed E-state index contributed by atoms with van der Waals surface area (Å²) in [6, 6.07) is 6.60. The molecule has 3 nitrogen and oxygen atoms in total. The van der Waals surface area contributed by atoms with Gasteiger partial charge in [-0.05, 0) is 18.3 Å². The molecule has 0 amide bonds. The van der Waals surface area contributed by atoms with E-state index in [1.54, 1.807) is 24.3 Å². The number of carbonyl (C=O) groups is 3. The van der Waals surface area contributed by atoms with Crippen molar-refractivity contribution in [3.63, 3.8) is 0 Å². The Kier molecular flexibility index (Phi) is 3.89. The molecule has 0 aliphatic heterocycles. The lowest BCUT2D eigenvalue weighted by atomic mass is 9.77. The SMILES string of the molecule is CC(C)(C)CCCC1C(=O)C(=O)c2ccccc2C1=O. The van der Waals surface area contributed by atoms with Crippen molar-refractivity contribution in [2.75, 3.05) is 0 Å². The number of carbonyl (C=O) groups excluding carboxylic acids is 3. The van der Waals surface area contributed by atoms with E-state index in [1.807, 2.05) is 0 Å². The summed E-state index contributed by atoms with van der Waals surface area (Å²) in [6.45, 7) is 6.37. The number of ketones is 3. The first-order valence-electron chi connectivity index (χ1n) is 7.03. The topological polar surface area (TPSA) is 51.2 Å². The number of fused-ring (bicyclic) bond motifs is 1. The molecule has 0 N–H and O–H groups in total. The van der Waals surface area contributed by atoms with Crippen molar-refractivity contribution in [2.24, 2.45) is 11.3 Å². The minimum atomic E-state index is -0.778. The number of Topliss-reactive ketones (excluding diaryl/α,β-unsaturated/α-hetero) is 3. The second-order valence-electron chi connectivity index (χ2n) is 6.61. The number of benzene rings is 1. The maximum absolute atomic E-state index is 12.4. The summed E-state index contributed by atoms with van der Waals surface area (Å²) in [5, 5.41) is 0. The highest BCUT2D eigenvalue weighted by Gasteiger charge is 2.39. The summed E-state index contributed by atoms with van der Waals surface area (Å²) in [6.07, 6.45) is 2.18. The molecule has 0 bridgehead atoms. The highest BCUT2D eigenvalue weighted by atomic mass is 16.2. The first kappa shape index (κ1) is 14.6. The molecule has 3 heteroatoms. The van der Waals surface area contributed by atoms with Gasteiger partial charge in [-0.2, -0.15) is 0 Å². The Balaban J connectivity index is 2.18. The van der Waals surface area contributed by atoms with Gasteiger partial charge in [0.2, 0.25) is 11.6 Å². The molecule has 2 rings (SSSR count). The summed E-state index contributed by atoms with van der Waals surface area (Å²) in [7, 11) is 0. The van der Waals surface area contributed by atoms with Crippen LogP contribution >= 0.6 is 0 Å². The van der Waals surface area contributed by atoms with Gasteiger partial charge in [-0.25, -0.2) is 0 Å². The van der Waals surface area contributed by atoms with Crippen molar-refractivity contribution in [1.29, 1.82) is 0 Å². The Bertz CT molecular complexity index is 564. The minimum absolute atomic E-state index is 0.169. The summed E-state index contributed by atoms with van der Waals surface area (Å²) in [5.74, 6) is -2.03. The lowest BCUT2D eigenvalue weighted by Crippen LogP contribution is -2.37. The standard InChI is InChI=1S/C17H20O3/c1-17(2,3)10-6-9-13-14(18)11-7-4-5-8-12(11)15(19)16(13)20/h4-5,7-8,13H,6,9-10H2,1-3H3. The van der Waals surface area contributed by atoms with Crippen molar-refractivity contribution < 1.29 is 14.4 Å². The molecule has 0 radical (unpaired) electrons. The number of hydrogen-bond acceptors (Lipinski definition) is 3. The first-order valence-corrected chi connectivity index (χ1v) is 7.03. The molecule has 0 spiro atoms. The number of rotatable bonds is 3. The highest BCUT2D eigenvalue weighted by Crippen LogP contribution is 2.29. The Morgan fingerprint density at radius 2 is 1.55 bits per heavy atom. The van der Waals surface area contributed by atoms with Crippen molar-refractivity contribution in [3.05, 3.63) is 35.4 Å². The predicted octanol–water partition coefficient (Wildman–Crippen LogP) is 3.47. The van der Waals surface area contributed by atoms with Crippen LogP contribution in [-0.2, 0) is 4.79 Å². The van der Waals surface area contributed by atoms with Crippen LogP contribution in [0.2, 0.25) is 0 Å². The third-order valence-corrected chi connectivity index (χ3v) is 3.71. The average molecular weight is 272 g/mol. The lowest BCUT2D eigenvalue weighted by molar-refractivity contribution is -0.117. The third-order valence-electron chi connectivity index (χ3n) is 3.71. The fraction of sp³-hybridized carbons (Fsp3) is 0.471. The predicted molar refractivity (Wildman–Crippen MR) is 76.9 cm³/mol. The van der Waals surface area contributed by atoms with Gasteiger partial charge in [-0.3, -0.25) is 14.4 Å². The van der Waals surface area contributed by atoms with Crippen LogP contribution in [0.3, 0.4) is 0 Å². The highest BCUT2D eigenvalue weighted by molar-refractivity contribution is 6.51. The molecule has 0 aromatic heterocycles. The van der Waals surface area contributed by atoms with Crippen LogP contribution < -0.4 is 0 Å². The van der Waals surface area contributed by atoms with Gasteiger partial charge in [0.1, 0.15) is 0 Å². The molecule has 0 saturated carbocycles. The zero-order valence-electron chi connectivity index (χ0n) is 12.2. The Hall–Kier alpha value is -1.77. The summed E-state index contributed by atoms with van der Waals surface area (Å²) >= 11 is 0. The van der Waals surface area contributed by atoms with Crippen LogP contribution in [-0.4, -0.2) is 17.3 Å². The number of hydrogen-bond donors (Lipinski definition) is 0. The van der Waals surface area contributed by atoms with E-state index in [4.69, 9.17) is 0 Å². The van der Waals surface area contributed by atoms with E-state index < -0.39 is 17.5 Å². The molecule has 0 fully saturated rings. The quantitative estimate of drug-likeness (QED) is 0.625. The molecule has 1 unspecified atom stereocenters. The van der Waals surface area contributed by atoms with Gasteiger partial charge in [0.05, 0.1) is 5.92 Å². The van der Waals surface area contributed by atoms with Crippen molar-refractivity contribution in [3.8, 4) is 0 Å². The summed E-state index contributed by atoms with van der Waals surface area (Å²) in [5.41, 5.74) is 0.829. The molecule has 1 aromatic carbocycles. The third kappa shape index (κ3) is 2.87. The van der Waals surface area contributed by atoms with Gasteiger partial charge in [0, 0.05) is 11.1 Å². The zero-order valence-corrected chi connectivity index (χ0v) is 12.2. The van der Waals surface area contributed by atoms with Crippen molar-refractivity contribution in [2.45, 2.75) is 40.0 Å². The smallest absolute Gasteiger partial charge is 0.230 e. The molecule has 20 heavy (non-hydrogen) atoms. The Morgan fingerprint density at radius 3 is 2.15 bits per heavy atom. The summed E-state index contributed by atoms with van der Waals surface area (Å²) < 4.78 is 0. The van der Waals surface area contributed by atoms with Gasteiger partial charge in [-0.1, -0.05) is 51.5 Å². The van der Waals surface area contributed by atoms with Gasteiger partial charge in [-0.15, -0.1) is 0 Å². The average Bonchev–Trinajstić information content (AvgIpc) is 2.39. The molecule has 1 aliphatic carbocycles. The van der Waals surface area contributed by atoms with E-state index in [0.29, 0.717) is 12.0 Å². The first-order chi connectivity index (χ1) is 9.31. The van der Waals surface area contributed by atoms with Gasteiger partial charge in [0.25, 0.3) is 0 Å². The van der Waals surface area contributed by atoms with Crippen LogP contribution in [0.15, 0.2) is 24.3 Å². The van der Waals surface area contributed by atoms with E-state index in [0.717, 1.165) is 12.8 Å². The molecule has 0 saturated heterocycles. The monoisotopic (exact) mass is 272 g/mol. The largest absolute Gasteiger partial charge is 0.293 e. The lowest BCUT2D eigenvalue weighted by Gasteiger charge is -2.23. The van der Waals surface area contributed by atoms with Crippen LogP contribution in [0.1, 0.15) is 60.7 Å². The van der Waals surface area contributed by atoms with E-state index >= 15 is 0 Å². The van der Waals surface area contributed by atoms with Crippen molar-refractivity contribution >= 4 is 17.3 Å². The van der Waals surface area contributed by atoms with Gasteiger partial charge >= 0.3 is 0 Å². The molecule has 1 atom stereocenters. The second-order valence-corrected chi connectivity index (χ2v) is 6.61. The molecule has 1 aliphatic rings. The molecule has 0 heterocycles.